The lowest BCUT2D eigenvalue weighted by molar-refractivity contribution is -0.127. The molecule has 0 fully saturated rings. The van der Waals surface area contributed by atoms with E-state index in [-0.39, 0.29) is 22.6 Å². The number of Topliss-reactive ketones (excluding diaryl/α,β-unsaturated/α-hetero) is 1. The summed E-state index contributed by atoms with van der Waals surface area (Å²) in [6, 6.07) is 12.0. The predicted molar refractivity (Wildman–Crippen MR) is 107 cm³/mol. The molecular formula is C20H24N2O5S. The molecule has 2 rings (SSSR count). The van der Waals surface area contributed by atoms with Crippen LogP contribution in [0.1, 0.15) is 38.1 Å². The number of ketones is 1. The molecule has 0 aliphatic rings. The summed E-state index contributed by atoms with van der Waals surface area (Å²) in [5.74, 6) is -0.0270. The molecule has 150 valence electrons. The van der Waals surface area contributed by atoms with Crippen LogP contribution in [0.3, 0.4) is 0 Å². The zero-order valence-corrected chi connectivity index (χ0v) is 17.0. The van der Waals surface area contributed by atoms with Crippen molar-refractivity contribution >= 4 is 27.4 Å². The molecule has 0 bridgehead atoms. The molecule has 0 aliphatic carbocycles. The maximum Gasteiger partial charge on any atom is 0.261 e. The lowest BCUT2D eigenvalue weighted by Crippen LogP contribution is -2.40. The first-order valence-electron chi connectivity index (χ1n) is 8.79. The second kappa shape index (κ2) is 8.88. The fourth-order valence-corrected chi connectivity index (χ4v) is 3.42. The van der Waals surface area contributed by atoms with Crippen LogP contribution in [0.5, 0.6) is 5.75 Å². The Morgan fingerprint density at radius 1 is 1.00 bits per heavy atom. The predicted octanol–water partition coefficient (Wildman–Crippen LogP) is 2.98. The molecule has 0 radical (unpaired) electrons. The number of carbonyl (C=O) groups excluding carboxylic acids is 2. The zero-order valence-electron chi connectivity index (χ0n) is 16.2. The summed E-state index contributed by atoms with van der Waals surface area (Å²) in [6.45, 7) is 6.73. The van der Waals surface area contributed by atoms with Crippen LogP contribution >= 0.6 is 0 Å². The molecule has 1 amide bonds. The van der Waals surface area contributed by atoms with E-state index >= 15 is 0 Å². The molecule has 2 N–H and O–H groups in total. The average Bonchev–Trinajstić information content (AvgIpc) is 2.61. The van der Waals surface area contributed by atoms with Gasteiger partial charge in [0.2, 0.25) is 0 Å². The Balaban J connectivity index is 2.10. The molecule has 7 nitrogen and oxygen atoms in total. The van der Waals surface area contributed by atoms with Gasteiger partial charge in [-0.05, 0) is 64.1 Å². The van der Waals surface area contributed by atoms with Gasteiger partial charge in [0, 0.05) is 17.3 Å². The number of hydrogen-bond donors (Lipinski definition) is 2. The highest BCUT2D eigenvalue weighted by molar-refractivity contribution is 7.92. The van der Waals surface area contributed by atoms with E-state index in [4.69, 9.17) is 4.74 Å². The molecule has 28 heavy (non-hydrogen) atoms. The van der Waals surface area contributed by atoms with Crippen molar-refractivity contribution in [3.8, 4) is 5.75 Å². The van der Waals surface area contributed by atoms with Gasteiger partial charge in [-0.25, -0.2) is 8.42 Å². The van der Waals surface area contributed by atoms with Crippen LogP contribution in [0.2, 0.25) is 0 Å². The Kier molecular flexibility index (Phi) is 6.80. The topological polar surface area (TPSA) is 102 Å². The molecule has 0 saturated carbocycles. The van der Waals surface area contributed by atoms with Crippen LogP contribution in [-0.4, -0.2) is 32.3 Å². The summed E-state index contributed by atoms with van der Waals surface area (Å²) in [4.78, 5) is 23.4. The molecule has 2 aromatic carbocycles. The van der Waals surface area contributed by atoms with Crippen LogP contribution in [0.15, 0.2) is 53.4 Å². The SMILES string of the molecule is CC(=O)c1cccc(NS(=O)(=O)c2ccc(O[C@H](C)C(=O)NC(C)C)cc2)c1. The Morgan fingerprint density at radius 3 is 2.21 bits per heavy atom. The van der Waals surface area contributed by atoms with Gasteiger partial charge in [0.25, 0.3) is 15.9 Å². The maximum atomic E-state index is 12.5. The van der Waals surface area contributed by atoms with Gasteiger partial charge in [-0.2, -0.15) is 0 Å². The standard InChI is InChI=1S/C20H24N2O5S/c1-13(2)21-20(24)15(4)27-18-8-10-19(11-9-18)28(25,26)22-17-7-5-6-16(12-17)14(3)23/h5-13,15,22H,1-4H3,(H,21,24)/t15-/m1/s1. The lowest BCUT2D eigenvalue weighted by atomic mass is 10.1. The number of hydrogen-bond acceptors (Lipinski definition) is 5. The Bertz CT molecular complexity index is 953. The first-order chi connectivity index (χ1) is 13.1. The second-order valence-electron chi connectivity index (χ2n) is 6.64. The van der Waals surface area contributed by atoms with Gasteiger partial charge in [-0.15, -0.1) is 0 Å². The largest absolute Gasteiger partial charge is 0.481 e. The summed E-state index contributed by atoms with van der Waals surface area (Å²) in [7, 11) is -3.83. The van der Waals surface area contributed by atoms with Gasteiger partial charge in [0.15, 0.2) is 11.9 Å². The molecule has 0 heterocycles. The highest BCUT2D eigenvalue weighted by Crippen LogP contribution is 2.21. The molecule has 8 heteroatoms. The van der Waals surface area contributed by atoms with E-state index in [1.54, 1.807) is 25.1 Å². The number of benzene rings is 2. The van der Waals surface area contributed by atoms with E-state index in [2.05, 4.69) is 10.0 Å². The first kappa shape index (κ1) is 21.4. The number of carbonyl (C=O) groups is 2. The Morgan fingerprint density at radius 2 is 1.64 bits per heavy atom. The molecule has 0 aromatic heterocycles. The average molecular weight is 404 g/mol. The van der Waals surface area contributed by atoms with Crippen molar-refractivity contribution in [1.29, 1.82) is 0 Å². The van der Waals surface area contributed by atoms with Crippen molar-refractivity contribution in [2.45, 2.75) is 44.7 Å². The van der Waals surface area contributed by atoms with Crippen molar-refractivity contribution in [3.05, 3.63) is 54.1 Å². The minimum atomic E-state index is -3.83. The number of nitrogens with one attached hydrogen (secondary N) is 2. The van der Waals surface area contributed by atoms with Gasteiger partial charge >= 0.3 is 0 Å². The third-order valence-corrected chi connectivity index (χ3v) is 5.17. The summed E-state index contributed by atoms with van der Waals surface area (Å²) in [5, 5.41) is 2.74. The second-order valence-corrected chi connectivity index (χ2v) is 8.32. The van der Waals surface area contributed by atoms with E-state index < -0.39 is 16.1 Å². The van der Waals surface area contributed by atoms with Gasteiger partial charge in [0.05, 0.1) is 4.90 Å². The number of rotatable bonds is 8. The summed E-state index contributed by atoms with van der Waals surface area (Å²) in [5.41, 5.74) is 0.713. The summed E-state index contributed by atoms with van der Waals surface area (Å²) >= 11 is 0. The molecule has 0 aliphatic heterocycles. The van der Waals surface area contributed by atoms with Crippen LogP contribution in [0.4, 0.5) is 5.69 Å². The number of anilines is 1. The van der Waals surface area contributed by atoms with Crippen molar-refractivity contribution < 1.29 is 22.7 Å². The third-order valence-electron chi connectivity index (χ3n) is 3.77. The van der Waals surface area contributed by atoms with Crippen molar-refractivity contribution in [3.63, 3.8) is 0 Å². The van der Waals surface area contributed by atoms with Crippen LogP contribution < -0.4 is 14.8 Å². The van der Waals surface area contributed by atoms with Crippen LogP contribution in [0, 0.1) is 0 Å². The van der Waals surface area contributed by atoms with E-state index in [0.29, 0.717) is 17.0 Å². The summed E-state index contributed by atoms with van der Waals surface area (Å²) in [6.07, 6.45) is -0.711. The van der Waals surface area contributed by atoms with E-state index in [0.717, 1.165) is 0 Å². The highest BCUT2D eigenvalue weighted by atomic mass is 32.2. The normalized spacial score (nSPS) is 12.3. The minimum Gasteiger partial charge on any atom is -0.481 e. The summed E-state index contributed by atoms with van der Waals surface area (Å²) < 4.78 is 33.1. The van der Waals surface area contributed by atoms with Gasteiger partial charge < -0.3 is 10.1 Å². The van der Waals surface area contributed by atoms with Crippen LogP contribution in [0.25, 0.3) is 0 Å². The molecule has 0 spiro atoms. The zero-order chi connectivity index (χ0) is 20.9. The minimum absolute atomic E-state index is 0.00125. The lowest BCUT2D eigenvalue weighted by Gasteiger charge is -2.16. The van der Waals surface area contributed by atoms with Gasteiger partial charge in [-0.1, -0.05) is 12.1 Å². The molecule has 0 saturated heterocycles. The number of sulfonamides is 1. The van der Waals surface area contributed by atoms with E-state index in [9.17, 15) is 18.0 Å². The quantitative estimate of drug-likeness (QED) is 0.659. The van der Waals surface area contributed by atoms with E-state index in [1.165, 1.54) is 37.3 Å². The fraction of sp³-hybridized carbons (Fsp3) is 0.300. The van der Waals surface area contributed by atoms with Crippen LogP contribution in [-0.2, 0) is 14.8 Å². The van der Waals surface area contributed by atoms with Crippen molar-refractivity contribution in [2.75, 3.05) is 4.72 Å². The van der Waals surface area contributed by atoms with Gasteiger partial charge in [0.1, 0.15) is 5.75 Å². The number of ether oxygens (including phenoxy) is 1. The fourth-order valence-electron chi connectivity index (χ4n) is 2.37. The molecule has 2 aromatic rings. The van der Waals surface area contributed by atoms with Crippen molar-refractivity contribution in [2.24, 2.45) is 0 Å². The number of amides is 1. The first-order valence-corrected chi connectivity index (χ1v) is 10.3. The third kappa shape index (κ3) is 5.82. The molecule has 1 atom stereocenters. The monoisotopic (exact) mass is 404 g/mol. The molecular weight excluding hydrogens is 380 g/mol. The van der Waals surface area contributed by atoms with Crippen molar-refractivity contribution in [1.82, 2.24) is 5.32 Å². The maximum absolute atomic E-state index is 12.5. The smallest absolute Gasteiger partial charge is 0.261 e. The Labute approximate surface area is 165 Å². The van der Waals surface area contributed by atoms with Gasteiger partial charge in [-0.3, -0.25) is 14.3 Å². The Hall–Kier alpha value is -2.87. The highest BCUT2D eigenvalue weighted by Gasteiger charge is 2.17. The molecule has 0 unspecified atom stereocenters. The van der Waals surface area contributed by atoms with E-state index in [1.807, 2.05) is 13.8 Å².